The second kappa shape index (κ2) is 6.51. The highest BCUT2D eigenvalue weighted by atomic mass is 28.4. The summed E-state index contributed by atoms with van der Waals surface area (Å²) in [6.45, 7) is 19.6. The van der Waals surface area contributed by atoms with Gasteiger partial charge < -0.3 is 8.99 Å². The van der Waals surface area contributed by atoms with Gasteiger partial charge in [-0.2, -0.15) is 0 Å². The molecule has 0 aromatic carbocycles. The fourth-order valence-corrected chi connectivity index (χ4v) is 2.99. The van der Waals surface area contributed by atoms with Crippen LogP contribution in [0.25, 0.3) is 0 Å². The van der Waals surface area contributed by atoms with Crippen LogP contribution < -0.4 is 0 Å². The fraction of sp³-hybridized carbons (Fsp3) is 0.688. The standard InChI is InChI=1S/C16H30N2OSi2/c1-16(2,3)21(7,8)19-13-12-18-11-10-17-15(18)9-14-20(4,5)6/h10-11H,12-13H2,1-8H3. The van der Waals surface area contributed by atoms with Gasteiger partial charge in [0.05, 0.1) is 6.61 Å². The largest absolute Gasteiger partial charge is 0.415 e. The second-order valence-electron chi connectivity index (χ2n) is 8.05. The lowest BCUT2D eigenvalue weighted by atomic mass is 10.2. The molecular formula is C16H30N2OSi2. The molecule has 0 aliphatic rings. The lowest BCUT2D eigenvalue weighted by Crippen LogP contribution is -2.41. The van der Waals surface area contributed by atoms with Crippen LogP contribution in [0.1, 0.15) is 26.6 Å². The Balaban J connectivity index is 2.66. The molecule has 0 saturated carbocycles. The van der Waals surface area contributed by atoms with Crippen molar-refractivity contribution in [2.75, 3.05) is 6.61 Å². The molecule has 0 radical (unpaired) electrons. The third-order valence-electron chi connectivity index (χ3n) is 3.87. The Morgan fingerprint density at radius 3 is 2.33 bits per heavy atom. The molecular weight excluding hydrogens is 292 g/mol. The predicted octanol–water partition coefficient (Wildman–Crippen LogP) is 4.13. The van der Waals surface area contributed by atoms with Crippen LogP contribution in [0.2, 0.25) is 37.8 Å². The van der Waals surface area contributed by atoms with Gasteiger partial charge in [-0.15, -0.1) is 5.54 Å². The number of aromatic nitrogens is 2. The van der Waals surface area contributed by atoms with E-state index in [0.29, 0.717) is 0 Å². The molecule has 0 fully saturated rings. The predicted molar refractivity (Wildman–Crippen MR) is 95.6 cm³/mol. The van der Waals surface area contributed by atoms with Gasteiger partial charge in [0.1, 0.15) is 8.07 Å². The van der Waals surface area contributed by atoms with Crippen molar-refractivity contribution in [3.8, 4) is 11.5 Å². The molecule has 1 rings (SSSR count). The van der Waals surface area contributed by atoms with Crippen LogP contribution in [-0.2, 0) is 11.0 Å². The van der Waals surface area contributed by atoms with E-state index in [1.54, 1.807) is 0 Å². The van der Waals surface area contributed by atoms with E-state index in [2.05, 4.69) is 74.5 Å². The van der Waals surface area contributed by atoms with Gasteiger partial charge in [0.25, 0.3) is 0 Å². The number of nitrogens with zero attached hydrogens (tertiary/aromatic N) is 2. The van der Waals surface area contributed by atoms with Gasteiger partial charge in [-0.1, -0.05) is 40.4 Å². The van der Waals surface area contributed by atoms with Crippen molar-refractivity contribution in [3.63, 3.8) is 0 Å². The van der Waals surface area contributed by atoms with E-state index in [9.17, 15) is 0 Å². The SMILES string of the molecule is CC(C)(C)[Si](C)(C)OCCn1ccnc1C#C[Si](C)(C)C. The third-order valence-corrected chi connectivity index (χ3v) is 9.28. The number of rotatable bonds is 4. The van der Waals surface area contributed by atoms with E-state index in [4.69, 9.17) is 4.43 Å². The van der Waals surface area contributed by atoms with E-state index in [1.165, 1.54) is 0 Å². The highest BCUT2D eigenvalue weighted by molar-refractivity contribution is 6.83. The molecule has 0 aliphatic heterocycles. The van der Waals surface area contributed by atoms with Gasteiger partial charge >= 0.3 is 0 Å². The first kappa shape index (κ1) is 18.2. The van der Waals surface area contributed by atoms with Crippen molar-refractivity contribution >= 4 is 16.4 Å². The van der Waals surface area contributed by atoms with Crippen LogP contribution >= 0.6 is 0 Å². The topological polar surface area (TPSA) is 27.1 Å². The van der Waals surface area contributed by atoms with E-state index in [-0.39, 0.29) is 5.04 Å². The Kier molecular flexibility index (Phi) is 5.65. The smallest absolute Gasteiger partial charge is 0.192 e. The molecule has 118 valence electrons. The minimum Gasteiger partial charge on any atom is -0.415 e. The summed E-state index contributed by atoms with van der Waals surface area (Å²) >= 11 is 0. The normalized spacial score (nSPS) is 13.0. The summed E-state index contributed by atoms with van der Waals surface area (Å²) in [4.78, 5) is 4.35. The quantitative estimate of drug-likeness (QED) is 0.615. The van der Waals surface area contributed by atoms with Crippen molar-refractivity contribution < 1.29 is 4.43 Å². The van der Waals surface area contributed by atoms with Gasteiger partial charge in [0.15, 0.2) is 14.1 Å². The summed E-state index contributed by atoms with van der Waals surface area (Å²) < 4.78 is 8.32. The first-order valence-electron chi connectivity index (χ1n) is 7.61. The number of hydrogen-bond donors (Lipinski definition) is 0. The minimum atomic E-state index is -1.67. The van der Waals surface area contributed by atoms with Crippen molar-refractivity contribution in [1.82, 2.24) is 9.55 Å². The average Bonchev–Trinajstić information content (AvgIpc) is 2.71. The van der Waals surface area contributed by atoms with E-state index >= 15 is 0 Å². The van der Waals surface area contributed by atoms with Crippen LogP contribution in [0, 0.1) is 11.5 Å². The molecule has 0 aliphatic carbocycles. The lowest BCUT2D eigenvalue weighted by molar-refractivity contribution is 0.271. The molecule has 1 aromatic rings. The Morgan fingerprint density at radius 2 is 1.81 bits per heavy atom. The van der Waals surface area contributed by atoms with Crippen molar-refractivity contribution in [1.29, 1.82) is 0 Å². The van der Waals surface area contributed by atoms with Crippen molar-refractivity contribution in [2.45, 2.75) is 65.1 Å². The van der Waals surface area contributed by atoms with Crippen molar-refractivity contribution in [3.05, 3.63) is 18.2 Å². The Bertz CT molecular complexity index is 525. The molecule has 5 heteroatoms. The zero-order valence-electron chi connectivity index (χ0n) is 14.9. The van der Waals surface area contributed by atoms with Crippen LogP contribution in [0.5, 0.6) is 0 Å². The van der Waals surface area contributed by atoms with Gasteiger partial charge in [-0.05, 0) is 24.1 Å². The molecule has 3 nitrogen and oxygen atoms in total. The molecule has 1 heterocycles. The Morgan fingerprint density at radius 1 is 1.19 bits per heavy atom. The molecule has 21 heavy (non-hydrogen) atoms. The molecule has 0 saturated heterocycles. The maximum atomic E-state index is 6.22. The van der Waals surface area contributed by atoms with Crippen LogP contribution in [0.4, 0.5) is 0 Å². The van der Waals surface area contributed by atoms with Gasteiger partial charge in [0, 0.05) is 18.9 Å². The molecule has 0 amide bonds. The van der Waals surface area contributed by atoms with E-state index in [1.807, 2.05) is 12.4 Å². The fourth-order valence-electron chi connectivity index (χ4n) is 1.47. The first-order chi connectivity index (χ1) is 9.42. The van der Waals surface area contributed by atoms with E-state index < -0.39 is 16.4 Å². The van der Waals surface area contributed by atoms with E-state index in [0.717, 1.165) is 19.0 Å². The summed E-state index contributed by atoms with van der Waals surface area (Å²) in [6.07, 6.45) is 3.81. The third kappa shape index (κ3) is 5.81. The van der Waals surface area contributed by atoms with Gasteiger partial charge in [-0.3, -0.25) is 0 Å². The zero-order chi connectivity index (χ0) is 16.3. The summed E-state index contributed by atoms with van der Waals surface area (Å²) in [6, 6.07) is 0. The molecule has 0 unspecified atom stereocenters. The molecule has 0 bridgehead atoms. The maximum absolute atomic E-state index is 6.22. The Hall–Kier alpha value is -0.836. The average molecular weight is 323 g/mol. The number of imidazole rings is 1. The molecule has 0 atom stereocenters. The highest BCUT2D eigenvalue weighted by Crippen LogP contribution is 2.36. The molecule has 1 aromatic heterocycles. The monoisotopic (exact) mass is 322 g/mol. The van der Waals surface area contributed by atoms with Crippen LogP contribution in [0.3, 0.4) is 0 Å². The lowest BCUT2D eigenvalue weighted by Gasteiger charge is -2.36. The zero-order valence-corrected chi connectivity index (χ0v) is 16.9. The van der Waals surface area contributed by atoms with Gasteiger partial charge in [0.2, 0.25) is 0 Å². The summed E-state index contributed by atoms with van der Waals surface area (Å²) in [7, 11) is -3.03. The number of hydrogen-bond acceptors (Lipinski definition) is 2. The summed E-state index contributed by atoms with van der Waals surface area (Å²) in [5.74, 6) is 4.09. The maximum Gasteiger partial charge on any atom is 0.192 e. The minimum absolute atomic E-state index is 0.252. The summed E-state index contributed by atoms with van der Waals surface area (Å²) in [5, 5.41) is 0.252. The van der Waals surface area contributed by atoms with Crippen LogP contribution in [-0.4, -0.2) is 32.5 Å². The summed E-state index contributed by atoms with van der Waals surface area (Å²) in [5.41, 5.74) is 3.37. The van der Waals surface area contributed by atoms with Gasteiger partial charge in [-0.25, -0.2) is 4.98 Å². The molecule has 0 spiro atoms. The highest BCUT2D eigenvalue weighted by Gasteiger charge is 2.36. The second-order valence-corrected chi connectivity index (χ2v) is 17.6. The van der Waals surface area contributed by atoms with Crippen LogP contribution in [0.15, 0.2) is 12.4 Å². The first-order valence-corrected chi connectivity index (χ1v) is 14.0. The molecule has 0 N–H and O–H groups in total. The Labute approximate surface area is 132 Å². The van der Waals surface area contributed by atoms with Crippen molar-refractivity contribution in [2.24, 2.45) is 0 Å².